The number of aromatic nitrogens is 2. The summed E-state index contributed by atoms with van der Waals surface area (Å²) in [5, 5.41) is 4.37. The average Bonchev–Trinajstić information content (AvgIpc) is 3.33. The Morgan fingerprint density at radius 3 is 2.33 bits per heavy atom. The molecular formula is C24H27FN4O4. The van der Waals surface area contributed by atoms with Crippen molar-refractivity contribution in [1.29, 1.82) is 0 Å². The van der Waals surface area contributed by atoms with Gasteiger partial charge in [-0.15, -0.1) is 0 Å². The van der Waals surface area contributed by atoms with Crippen LogP contribution in [-0.2, 0) is 13.3 Å². The van der Waals surface area contributed by atoms with Crippen LogP contribution in [0, 0.1) is 5.82 Å². The molecular weight excluding hydrogens is 427 g/mol. The molecule has 1 fully saturated rings. The molecule has 0 unspecified atom stereocenters. The number of piperazine rings is 1. The van der Waals surface area contributed by atoms with Crippen molar-refractivity contribution >= 4 is 5.91 Å². The largest absolute Gasteiger partial charge is 0.493 e. The summed E-state index contributed by atoms with van der Waals surface area (Å²) >= 11 is 0. The van der Waals surface area contributed by atoms with Gasteiger partial charge in [0.1, 0.15) is 5.82 Å². The number of ether oxygens (including phenoxy) is 3. The second-order valence-corrected chi connectivity index (χ2v) is 7.67. The molecule has 0 atom stereocenters. The van der Waals surface area contributed by atoms with Crippen molar-refractivity contribution in [1.82, 2.24) is 19.6 Å². The minimum Gasteiger partial charge on any atom is -0.493 e. The Hall–Kier alpha value is -3.59. The number of hydrogen-bond donors (Lipinski definition) is 0. The summed E-state index contributed by atoms with van der Waals surface area (Å²) in [5.41, 5.74) is 1.02. The van der Waals surface area contributed by atoms with Crippen LogP contribution in [0.2, 0.25) is 0 Å². The van der Waals surface area contributed by atoms with E-state index in [1.807, 2.05) is 12.1 Å². The summed E-state index contributed by atoms with van der Waals surface area (Å²) in [4.78, 5) is 16.8. The number of carbonyl (C=O) groups excluding carboxylic acids is 1. The molecule has 1 aliphatic rings. The number of nitrogens with zero attached hydrogens (tertiary/aromatic N) is 4. The number of hydrogen-bond acceptors (Lipinski definition) is 6. The first-order valence-electron chi connectivity index (χ1n) is 10.7. The summed E-state index contributed by atoms with van der Waals surface area (Å²) in [7, 11) is 3.12. The molecule has 0 saturated carbocycles. The first-order valence-corrected chi connectivity index (χ1v) is 10.7. The smallest absolute Gasteiger partial charge is 0.274 e. The second kappa shape index (κ2) is 10.4. The van der Waals surface area contributed by atoms with Crippen molar-refractivity contribution in [2.24, 2.45) is 0 Å². The van der Waals surface area contributed by atoms with Gasteiger partial charge < -0.3 is 19.1 Å². The number of rotatable bonds is 8. The van der Waals surface area contributed by atoms with Crippen molar-refractivity contribution in [2.75, 3.05) is 40.4 Å². The molecule has 1 saturated heterocycles. The fraction of sp³-hybridized carbons (Fsp3) is 0.333. The molecule has 2 aromatic carbocycles. The van der Waals surface area contributed by atoms with E-state index in [1.54, 1.807) is 60.3 Å². The third-order valence-electron chi connectivity index (χ3n) is 5.59. The maximum Gasteiger partial charge on any atom is 0.274 e. The topological polar surface area (TPSA) is 69.1 Å². The lowest BCUT2D eigenvalue weighted by atomic mass is 10.2. The summed E-state index contributed by atoms with van der Waals surface area (Å²) in [6.07, 6.45) is 1.70. The molecule has 3 aromatic rings. The van der Waals surface area contributed by atoms with Crippen LogP contribution in [0.15, 0.2) is 54.7 Å². The lowest BCUT2D eigenvalue weighted by Crippen LogP contribution is -2.48. The molecule has 8 nitrogen and oxygen atoms in total. The highest BCUT2D eigenvalue weighted by Crippen LogP contribution is 2.36. The Morgan fingerprint density at radius 2 is 1.67 bits per heavy atom. The maximum absolute atomic E-state index is 13.9. The lowest BCUT2D eigenvalue weighted by molar-refractivity contribution is 0.0619. The Kier molecular flexibility index (Phi) is 7.09. The molecule has 174 valence electrons. The van der Waals surface area contributed by atoms with Gasteiger partial charge in [-0.25, -0.2) is 9.07 Å². The SMILES string of the molecule is COc1cccc(OC)c1OCn1ccc(C(=O)N2CCN(Cc3ccccc3F)CC2)n1. The minimum atomic E-state index is -0.200. The highest BCUT2D eigenvalue weighted by atomic mass is 19.1. The highest BCUT2D eigenvalue weighted by Gasteiger charge is 2.24. The van der Waals surface area contributed by atoms with Gasteiger partial charge in [-0.1, -0.05) is 24.3 Å². The predicted molar refractivity (Wildman–Crippen MR) is 120 cm³/mol. The molecule has 33 heavy (non-hydrogen) atoms. The van der Waals surface area contributed by atoms with Crippen LogP contribution < -0.4 is 14.2 Å². The second-order valence-electron chi connectivity index (χ2n) is 7.67. The van der Waals surface area contributed by atoms with E-state index in [0.717, 1.165) is 0 Å². The van der Waals surface area contributed by atoms with Gasteiger partial charge in [0.25, 0.3) is 5.91 Å². The molecule has 0 radical (unpaired) electrons. The Morgan fingerprint density at radius 1 is 0.970 bits per heavy atom. The molecule has 0 N–H and O–H groups in total. The number of para-hydroxylation sites is 1. The Bertz CT molecular complexity index is 1070. The van der Waals surface area contributed by atoms with E-state index in [2.05, 4.69) is 10.00 Å². The molecule has 9 heteroatoms. The van der Waals surface area contributed by atoms with E-state index in [1.165, 1.54) is 6.07 Å². The quantitative estimate of drug-likeness (QED) is 0.521. The van der Waals surface area contributed by atoms with Crippen molar-refractivity contribution in [3.63, 3.8) is 0 Å². The zero-order valence-corrected chi connectivity index (χ0v) is 18.7. The van der Waals surface area contributed by atoms with Crippen LogP contribution >= 0.6 is 0 Å². The van der Waals surface area contributed by atoms with Crippen LogP contribution in [-0.4, -0.2) is 65.9 Å². The van der Waals surface area contributed by atoms with Crippen molar-refractivity contribution in [3.05, 3.63) is 71.8 Å². The number of carbonyl (C=O) groups is 1. The zero-order chi connectivity index (χ0) is 23.2. The summed E-state index contributed by atoms with van der Waals surface area (Å²) in [6, 6.07) is 13.8. The van der Waals surface area contributed by atoms with Gasteiger partial charge >= 0.3 is 0 Å². The highest BCUT2D eigenvalue weighted by molar-refractivity contribution is 5.92. The van der Waals surface area contributed by atoms with Crippen LogP contribution in [0.3, 0.4) is 0 Å². The van der Waals surface area contributed by atoms with Gasteiger partial charge in [0, 0.05) is 44.5 Å². The van der Waals surface area contributed by atoms with Gasteiger partial charge in [-0.3, -0.25) is 9.69 Å². The summed E-state index contributed by atoms with van der Waals surface area (Å²) < 4.78 is 32.0. The van der Waals surface area contributed by atoms with Crippen LogP contribution in [0.5, 0.6) is 17.2 Å². The van der Waals surface area contributed by atoms with Crippen LogP contribution in [0.1, 0.15) is 16.1 Å². The number of halogens is 1. The van der Waals surface area contributed by atoms with E-state index in [-0.39, 0.29) is 18.5 Å². The van der Waals surface area contributed by atoms with Gasteiger partial charge in [-0.2, -0.15) is 5.10 Å². The molecule has 0 bridgehead atoms. The van der Waals surface area contributed by atoms with Crippen molar-refractivity contribution in [3.8, 4) is 17.2 Å². The zero-order valence-electron chi connectivity index (χ0n) is 18.7. The lowest BCUT2D eigenvalue weighted by Gasteiger charge is -2.34. The summed E-state index contributed by atoms with van der Waals surface area (Å²) in [6.45, 7) is 3.12. The first-order chi connectivity index (χ1) is 16.1. The van der Waals surface area contributed by atoms with Gasteiger partial charge in [-0.05, 0) is 24.3 Å². The van der Waals surface area contributed by atoms with Crippen molar-refractivity contribution < 1.29 is 23.4 Å². The molecule has 1 amide bonds. The van der Waals surface area contributed by atoms with E-state index in [4.69, 9.17) is 14.2 Å². The van der Waals surface area contributed by atoms with E-state index < -0.39 is 0 Å². The Balaban J connectivity index is 1.32. The standard InChI is InChI=1S/C24H27FN4O4/c1-31-21-8-5-9-22(32-2)23(21)33-17-29-11-10-20(26-29)24(30)28-14-12-27(13-15-28)16-18-6-3-4-7-19(18)25/h3-11H,12-17H2,1-2H3. The van der Waals surface area contributed by atoms with E-state index >= 15 is 0 Å². The van der Waals surface area contributed by atoms with Crippen LogP contribution in [0.25, 0.3) is 0 Å². The molecule has 1 aliphatic heterocycles. The Labute approximate surface area is 192 Å². The number of benzene rings is 2. The van der Waals surface area contributed by atoms with Gasteiger partial charge in [0.2, 0.25) is 5.75 Å². The fourth-order valence-corrected chi connectivity index (χ4v) is 3.78. The first kappa shape index (κ1) is 22.6. The molecule has 0 aliphatic carbocycles. The number of amides is 1. The van der Waals surface area contributed by atoms with E-state index in [9.17, 15) is 9.18 Å². The predicted octanol–water partition coefficient (Wildman–Crippen LogP) is 3.03. The number of methoxy groups -OCH3 is 2. The molecule has 2 heterocycles. The van der Waals surface area contributed by atoms with Gasteiger partial charge in [0.15, 0.2) is 23.9 Å². The third-order valence-corrected chi connectivity index (χ3v) is 5.59. The van der Waals surface area contributed by atoms with Crippen LogP contribution in [0.4, 0.5) is 4.39 Å². The molecule has 1 aromatic heterocycles. The molecule has 0 spiro atoms. The van der Waals surface area contributed by atoms with Crippen molar-refractivity contribution in [2.45, 2.75) is 13.3 Å². The maximum atomic E-state index is 13.9. The normalized spacial score (nSPS) is 14.2. The minimum absolute atomic E-state index is 0.0976. The molecule has 4 rings (SSSR count). The fourth-order valence-electron chi connectivity index (χ4n) is 3.78. The van der Waals surface area contributed by atoms with E-state index in [0.29, 0.717) is 61.2 Å². The average molecular weight is 455 g/mol. The summed E-state index contributed by atoms with van der Waals surface area (Å²) in [5.74, 6) is 1.23. The monoisotopic (exact) mass is 454 g/mol. The third kappa shape index (κ3) is 5.25. The van der Waals surface area contributed by atoms with Gasteiger partial charge in [0.05, 0.1) is 14.2 Å².